The predicted octanol–water partition coefficient (Wildman–Crippen LogP) is 3.16. The number of aliphatic hydroxyl groups is 1. The molecular formula is C18H19ClN2OS. The van der Waals surface area contributed by atoms with Crippen molar-refractivity contribution in [1.82, 2.24) is 10.2 Å². The topological polar surface area (TPSA) is 35.5 Å². The van der Waals surface area contributed by atoms with Crippen molar-refractivity contribution < 1.29 is 5.11 Å². The molecule has 1 unspecified atom stereocenters. The zero-order chi connectivity index (χ0) is 16.3. The fraction of sp³-hybridized carbons (Fsp3) is 0.278. The van der Waals surface area contributed by atoms with E-state index in [1.807, 2.05) is 30.3 Å². The third-order valence-corrected chi connectivity index (χ3v) is 4.93. The third kappa shape index (κ3) is 2.94. The molecule has 1 aliphatic rings. The molecular weight excluding hydrogens is 328 g/mol. The molecule has 0 bridgehead atoms. The van der Waals surface area contributed by atoms with Gasteiger partial charge in [0.15, 0.2) is 5.11 Å². The summed E-state index contributed by atoms with van der Waals surface area (Å²) in [5, 5.41) is 14.0. The highest BCUT2D eigenvalue weighted by Gasteiger charge is 2.45. The lowest BCUT2D eigenvalue weighted by atomic mass is 9.82. The van der Waals surface area contributed by atoms with Crippen molar-refractivity contribution in [2.24, 2.45) is 0 Å². The molecule has 1 heterocycles. The Balaban J connectivity index is 2.13. The van der Waals surface area contributed by atoms with Crippen LogP contribution in [0.2, 0.25) is 5.02 Å². The van der Waals surface area contributed by atoms with Crippen LogP contribution in [0.1, 0.15) is 17.5 Å². The van der Waals surface area contributed by atoms with Crippen LogP contribution in [0.3, 0.4) is 0 Å². The van der Waals surface area contributed by atoms with Crippen LogP contribution < -0.4 is 5.32 Å². The van der Waals surface area contributed by atoms with Gasteiger partial charge in [-0.3, -0.25) is 0 Å². The average molecular weight is 347 g/mol. The fourth-order valence-corrected chi connectivity index (χ4v) is 3.66. The standard InChI is InChI=1S/C18H19ClN2OS/c19-16-9-7-15(8-10-16)18(14-5-2-1-3-6-14)13-20-17(23)21(18)11-4-12-22/h1-3,5-10,22H,4,11-13H2,(H,20,23). The maximum Gasteiger partial charge on any atom is 0.170 e. The highest BCUT2D eigenvalue weighted by molar-refractivity contribution is 7.80. The van der Waals surface area contributed by atoms with Gasteiger partial charge in [-0.05, 0) is 41.9 Å². The quantitative estimate of drug-likeness (QED) is 0.815. The molecule has 2 aromatic rings. The van der Waals surface area contributed by atoms with Gasteiger partial charge in [0.25, 0.3) is 0 Å². The maximum absolute atomic E-state index is 9.25. The Hall–Kier alpha value is -1.62. The molecule has 120 valence electrons. The van der Waals surface area contributed by atoms with E-state index >= 15 is 0 Å². The van der Waals surface area contributed by atoms with Gasteiger partial charge in [-0.25, -0.2) is 0 Å². The molecule has 3 rings (SSSR count). The van der Waals surface area contributed by atoms with Crippen molar-refractivity contribution in [3.63, 3.8) is 0 Å². The van der Waals surface area contributed by atoms with Crippen LogP contribution in [0.15, 0.2) is 54.6 Å². The van der Waals surface area contributed by atoms with Crippen molar-refractivity contribution in [3.05, 3.63) is 70.7 Å². The maximum atomic E-state index is 9.25. The molecule has 23 heavy (non-hydrogen) atoms. The van der Waals surface area contributed by atoms with E-state index in [0.717, 1.165) is 10.7 Å². The minimum atomic E-state index is -0.377. The molecule has 3 nitrogen and oxygen atoms in total. The molecule has 1 atom stereocenters. The second-order valence-corrected chi connectivity index (χ2v) is 6.44. The normalized spacial score (nSPS) is 20.6. The number of nitrogens with one attached hydrogen (secondary N) is 1. The number of hydrogen-bond donors (Lipinski definition) is 2. The second kappa shape index (κ2) is 6.87. The third-order valence-electron chi connectivity index (χ3n) is 4.31. The summed E-state index contributed by atoms with van der Waals surface area (Å²) in [5.74, 6) is 0. The molecule has 1 fully saturated rings. The average Bonchev–Trinajstić information content (AvgIpc) is 2.92. The number of hydrogen-bond acceptors (Lipinski definition) is 2. The van der Waals surface area contributed by atoms with Gasteiger partial charge >= 0.3 is 0 Å². The lowest BCUT2D eigenvalue weighted by molar-refractivity contribution is 0.220. The van der Waals surface area contributed by atoms with Crippen LogP contribution in [-0.2, 0) is 5.54 Å². The van der Waals surface area contributed by atoms with Crippen molar-refractivity contribution in [1.29, 1.82) is 0 Å². The van der Waals surface area contributed by atoms with Gasteiger partial charge in [-0.2, -0.15) is 0 Å². The largest absolute Gasteiger partial charge is 0.396 e. The molecule has 0 aromatic heterocycles. The minimum Gasteiger partial charge on any atom is -0.396 e. The van der Waals surface area contributed by atoms with Crippen LogP contribution in [0.25, 0.3) is 0 Å². The zero-order valence-corrected chi connectivity index (χ0v) is 14.3. The molecule has 2 aromatic carbocycles. The van der Waals surface area contributed by atoms with Crippen molar-refractivity contribution >= 4 is 28.9 Å². The molecule has 0 radical (unpaired) electrons. The zero-order valence-electron chi connectivity index (χ0n) is 12.7. The number of aliphatic hydroxyl groups excluding tert-OH is 1. The van der Waals surface area contributed by atoms with E-state index < -0.39 is 0 Å². The van der Waals surface area contributed by atoms with Gasteiger partial charge in [-0.1, -0.05) is 54.1 Å². The number of thiocarbonyl (C=S) groups is 1. The Kier molecular flexibility index (Phi) is 4.85. The first-order chi connectivity index (χ1) is 11.2. The smallest absolute Gasteiger partial charge is 0.170 e. The van der Waals surface area contributed by atoms with Gasteiger partial charge in [0.1, 0.15) is 5.54 Å². The first kappa shape index (κ1) is 16.2. The molecule has 0 aliphatic carbocycles. The van der Waals surface area contributed by atoms with Crippen molar-refractivity contribution in [2.75, 3.05) is 19.7 Å². The Morgan fingerprint density at radius 2 is 1.74 bits per heavy atom. The Morgan fingerprint density at radius 3 is 2.39 bits per heavy atom. The summed E-state index contributed by atoms with van der Waals surface area (Å²) < 4.78 is 0. The van der Waals surface area contributed by atoms with Crippen LogP contribution in [0.4, 0.5) is 0 Å². The summed E-state index contributed by atoms with van der Waals surface area (Å²) in [7, 11) is 0. The van der Waals surface area contributed by atoms with E-state index in [2.05, 4.69) is 34.5 Å². The van der Waals surface area contributed by atoms with Gasteiger partial charge in [0, 0.05) is 24.7 Å². The van der Waals surface area contributed by atoms with E-state index in [0.29, 0.717) is 24.5 Å². The second-order valence-electron chi connectivity index (χ2n) is 5.62. The number of rotatable bonds is 5. The molecule has 5 heteroatoms. The van der Waals surface area contributed by atoms with E-state index in [1.54, 1.807) is 0 Å². The summed E-state index contributed by atoms with van der Waals surface area (Å²) >= 11 is 11.6. The summed E-state index contributed by atoms with van der Waals surface area (Å²) in [4.78, 5) is 2.18. The Labute approximate surface area is 146 Å². The van der Waals surface area contributed by atoms with Gasteiger partial charge in [0.05, 0.1) is 0 Å². The lowest BCUT2D eigenvalue weighted by Crippen LogP contribution is -2.46. The van der Waals surface area contributed by atoms with Crippen molar-refractivity contribution in [3.8, 4) is 0 Å². The number of nitrogens with zero attached hydrogens (tertiary/aromatic N) is 1. The molecule has 1 saturated heterocycles. The summed E-state index contributed by atoms with van der Waals surface area (Å²) in [5.41, 5.74) is 1.93. The van der Waals surface area contributed by atoms with Crippen LogP contribution >= 0.6 is 23.8 Å². The summed E-state index contributed by atoms with van der Waals surface area (Å²) in [6.07, 6.45) is 0.671. The van der Waals surface area contributed by atoms with E-state index in [9.17, 15) is 5.11 Å². The summed E-state index contributed by atoms with van der Waals surface area (Å²) in [6, 6.07) is 18.3. The molecule has 0 amide bonds. The lowest BCUT2D eigenvalue weighted by Gasteiger charge is -2.39. The van der Waals surface area contributed by atoms with Crippen LogP contribution in [-0.4, -0.2) is 34.8 Å². The molecule has 0 spiro atoms. The highest BCUT2D eigenvalue weighted by atomic mass is 35.5. The first-order valence-electron chi connectivity index (χ1n) is 7.66. The molecule has 0 saturated carbocycles. The fourth-order valence-electron chi connectivity index (χ4n) is 3.21. The number of benzene rings is 2. The Morgan fingerprint density at radius 1 is 1.09 bits per heavy atom. The van der Waals surface area contributed by atoms with Crippen LogP contribution in [0, 0.1) is 0 Å². The monoisotopic (exact) mass is 346 g/mol. The van der Waals surface area contributed by atoms with Gasteiger partial charge in [0.2, 0.25) is 0 Å². The van der Waals surface area contributed by atoms with E-state index in [4.69, 9.17) is 23.8 Å². The minimum absolute atomic E-state index is 0.143. The van der Waals surface area contributed by atoms with E-state index in [-0.39, 0.29) is 12.1 Å². The SMILES string of the molecule is OCCCN1C(=S)NCC1(c1ccccc1)c1ccc(Cl)cc1. The van der Waals surface area contributed by atoms with Crippen LogP contribution in [0.5, 0.6) is 0 Å². The highest BCUT2D eigenvalue weighted by Crippen LogP contribution is 2.39. The van der Waals surface area contributed by atoms with Gasteiger partial charge < -0.3 is 15.3 Å². The first-order valence-corrected chi connectivity index (χ1v) is 8.45. The summed E-state index contributed by atoms with van der Waals surface area (Å²) in [6.45, 7) is 1.54. The predicted molar refractivity (Wildman–Crippen MR) is 97.7 cm³/mol. The van der Waals surface area contributed by atoms with Crippen molar-refractivity contribution in [2.45, 2.75) is 12.0 Å². The molecule has 2 N–H and O–H groups in total. The number of halogens is 1. The molecule has 1 aliphatic heterocycles. The van der Waals surface area contributed by atoms with E-state index in [1.165, 1.54) is 5.56 Å². The Bertz CT molecular complexity index is 677. The van der Waals surface area contributed by atoms with Gasteiger partial charge in [-0.15, -0.1) is 0 Å².